The Morgan fingerprint density at radius 2 is 1.62 bits per heavy atom. The van der Waals surface area contributed by atoms with Gasteiger partial charge in [0.2, 0.25) is 0 Å². The number of nitrogens with one attached hydrogen (secondary N) is 1. The van der Waals surface area contributed by atoms with Crippen molar-refractivity contribution in [2.75, 3.05) is 38.0 Å². The molecule has 152 valence electrons. The fourth-order valence-corrected chi connectivity index (χ4v) is 3.47. The molecular weight excluding hydrogens is 362 g/mol. The third-order valence-electron chi connectivity index (χ3n) is 5.16. The fourth-order valence-electron chi connectivity index (χ4n) is 3.47. The van der Waals surface area contributed by atoms with Crippen molar-refractivity contribution >= 4 is 23.6 Å². The molecule has 2 aromatic rings. The number of benzene rings is 2. The molecular formula is C24H29N3O2. The predicted octanol–water partition coefficient (Wildman–Crippen LogP) is 3.61. The van der Waals surface area contributed by atoms with Crippen molar-refractivity contribution in [3.05, 3.63) is 71.8 Å². The lowest BCUT2D eigenvalue weighted by molar-refractivity contribution is -0.144. The molecule has 0 unspecified atom stereocenters. The summed E-state index contributed by atoms with van der Waals surface area (Å²) in [6.45, 7) is 7.64. The summed E-state index contributed by atoms with van der Waals surface area (Å²) in [5.41, 5.74) is 2.92. The van der Waals surface area contributed by atoms with Crippen molar-refractivity contribution in [1.82, 2.24) is 9.80 Å². The maximum Gasteiger partial charge on any atom is 0.313 e. The highest BCUT2D eigenvalue weighted by molar-refractivity contribution is 6.39. The minimum Gasteiger partial charge on any atom is -0.332 e. The van der Waals surface area contributed by atoms with Crippen molar-refractivity contribution in [3.8, 4) is 0 Å². The van der Waals surface area contributed by atoms with Crippen molar-refractivity contribution in [2.45, 2.75) is 19.8 Å². The van der Waals surface area contributed by atoms with Gasteiger partial charge in [-0.25, -0.2) is 0 Å². The Hall–Kier alpha value is -2.92. The van der Waals surface area contributed by atoms with Gasteiger partial charge in [-0.1, -0.05) is 74.5 Å². The van der Waals surface area contributed by atoms with E-state index < -0.39 is 11.8 Å². The Morgan fingerprint density at radius 1 is 0.966 bits per heavy atom. The number of hydrogen-bond donors (Lipinski definition) is 1. The molecule has 5 nitrogen and oxygen atoms in total. The molecule has 1 fully saturated rings. The first-order chi connectivity index (χ1) is 14.0. The van der Waals surface area contributed by atoms with E-state index in [1.807, 2.05) is 42.5 Å². The summed E-state index contributed by atoms with van der Waals surface area (Å²) in [4.78, 5) is 29.0. The number of piperazine rings is 1. The van der Waals surface area contributed by atoms with Crippen LogP contribution in [0.25, 0.3) is 6.08 Å². The molecule has 1 saturated heterocycles. The number of anilines is 1. The lowest BCUT2D eigenvalue weighted by atomic mass is 10.0. The second-order valence-electron chi connectivity index (χ2n) is 7.60. The van der Waals surface area contributed by atoms with Gasteiger partial charge in [-0.05, 0) is 23.1 Å². The molecule has 0 radical (unpaired) electrons. The summed E-state index contributed by atoms with van der Waals surface area (Å²) < 4.78 is 0. The highest BCUT2D eigenvalue weighted by atomic mass is 16.2. The Kier molecular flexibility index (Phi) is 7.19. The molecule has 5 heteroatoms. The second kappa shape index (κ2) is 10.0. The van der Waals surface area contributed by atoms with Gasteiger partial charge in [0.1, 0.15) is 0 Å². The number of para-hydroxylation sites is 1. The van der Waals surface area contributed by atoms with Crippen LogP contribution in [-0.4, -0.2) is 54.3 Å². The Balaban J connectivity index is 1.48. The molecule has 2 aromatic carbocycles. The maximum absolute atomic E-state index is 12.6. The molecule has 29 heavy (non-hydrogen) atoms. The minimum atomic E-state index is -0.560. The molecule has 0 aromatic heterocycles. The highest BCUT2D eigenvalue weighted by Crippen LogP contribution is 2.23. The number of hydrogen-bond acceptors (Lipinski definition) is 3. The highest BCUT2D eigenvalue weighted by Gasteiger charge is 2.26. The smallest absolute Gasteiger partial charge is 0.313 e. The van der Waals surface area contributed by atoms with Crippen LogP contribution in [0.3, 0.4) is 0 Å². The van der Waals surface area contributed by atoms with Gasteiger partial charge in [0, 0.05) is 38.4 Å². The zero-order chi connectivity index (χ0) is 20.6. The molecule has 0 spiro atoms. The number of rotatable bonds is 5. The fraction of sp³-hybridized carbons (Fsp3) is 0.333. The van der Waals surface area contributed by atoms with Gasteiger partial charge in [-0.15, -0.1) is 0 Å². The van der Waals surface area contributed by atoms with Crippen LogP contribution in [0.15, 0.2) is 60.7 Å². The molecule has 0 saturated carbocycles. The minimum absolute atomic E-state index is 0.272. The largest absolute Gasteiger partial charge is 0.332 e. The van der Waals surface area contributed by atoms with Crippen molar-refractivity contribution < 1.29 is 9.59 Å². The summed E-state index contributed by atoms with van der Waals surface area (Å²) in [5, 5.41) is 2.80. The monoisotopic (exact) mass is 391 g/mol. The summed E-state index contributed by atoms with van der Waals surface area (Å²) >= 11 is 0. The Labute approximate surface area is 173 Å². The SMILES string of the molecule is CC(C)c1ccccc1NC(=O)C(=O)N1CCN(C/C=C/c2ccccc2)CC1. The number of carbonyl (C=O) groups excluding carboxylic acids is 2. The molecule has 0 aliphatic carbocycles. The lowest BCUT2D eigenvalue weighted by Crippen LogP contribution is -2.51. The van der Waals surface area contributed by atoms with Gasteiger partial charge in [-0.3, -0.25) is 14.5 Å². The van der Waals surface area contributed by atoms with Crippen LogP contribution in [0.1, 0.15) is 30.9 Å². The maximum atomic E-state index is 12.6. The standard InChI is InChI=1S/C24H29N3O2/c1-19(2)21-12-6-7-13-22(21)25-23(28)24(29)27-17-15-26(16-18-27)14-8-11-20-9-4-3-5-10-20/h3-13,19H,14-18H2,1-2H3,(H,25,28)/b11-8+. The van der Waals surface area contributed by atoms with E-state index in [1.165, 1.54) is 5.56 Å². The first-order valence-electron chi connectivity index (χ1n) is 10.2. The van der Waals surface area contributed by atoms with Crippen LogP contribution in [0.4, 0.5) is 5.69 Å². The first-order valence-corrected chi connectivity index (χ1v) is 10.2. The Bertz CT molecular complexity index is 853. The van der Waals surface area contributed by atoms with Gasteiger partial charge < -0.3 is 10.2 Å². The molecule has 1 heterocycles. The average molecular weight is 392 g/mol. The van der Waals surface area contributed by atoms with Gasteiger partial charge in [-0.2, -0.15) is 0 Å². The first kappa shape index (κ1) is 20.8. The van der Waals surface area contributed by atoms with Crippen LogP contribution in [0, 0.1) is 0 Å². The summed E-state index contributed by atoms with van der Waals surface area (Å²) in [6.07, 6.45) is 4.25. The number of nitrogens with zero attached hydrogens (tertiary/aromatic N) is 2. The van der Waals surface area contributed by atoms with E-state index in [0.717, 1.165) is 25.2 Å². The lowest BCUT2D eigenvalue weighted by Gasteiger charge is -2.33. The zero-order valence-corrected chi connectivity index (χ0v) is 17.2. The predicted molar refractivity (Wildman–Crippen MR) is 118 cm³/mol. The van der Waals surface area contributed by atoms with E-state index in [9.17, 15) is 9.59 Å². The molecule has 0 bridgehead atoms. The van der Waals surface area contributed by atoms with E-state index in [2.05, 4.69) is 48.3 Å². The normalized spacial score (nSPS) is 15.1. The quantitative estimate of drug-likeness (QED) is 0.793. The summed E-state index contributed by atoms with van der Waals surface area (Å²) in [6, 6.07) is 17.8. The zero-order valence-electron chi connectivity index (χ0n) is 17.2. The summed E-state index contributed by atoms with van der Waals surface area (Å²) in [5.74, 6) is -0.743. The van der Waals surface area contributed by atoms with E-state index in [-0.39, 0.29) is 5.92 Å². The van der Waals surface area contributed by atoms with Crippen LogP contribution in [0.5, 0.6) is 0 Å². The number of amides is 2. The molecule has 2 amide bonds. The number of carbonyl (C=O) groups is 2. The van der Waals surface area contributed by atoms with Crippen LogP contribution >= 0.6 is 0 Å². The van der Waals surface area contributed by atoms with Gasteiger partial charge >= 0.3 is 11.8 Å². The van der Waals surface area contributed by atoms with Crippen LogP contribution in [0.2, 0.25) is 0 Å². The van der Waals surface area contributed by atoms with Crippen LogP contribution in [-0.2, 0) is 9.59 Å². The third kappa shape index (κ3) is 5.78. The Morgan fingerprint density at radius 3 is 2.31 bits per heavy atom. The third-order valence-corrected chi connectivity index (χ3v) is 5.16. The van der Waals surface area contributed by atoms with E-state index in [1.54, 1.807) is 4.90 Å². The van der Waals surface area contributed by atoms with Crippen LogP contribution < -0.4 is 5.32 Å². The molecule has 1 aliphatic heterocycles. The van der Waals surface area contributed by atoms with Gasteiger partial charge in [0.15, 0.2) is 0 Å². The van der Waals surface area contributed by atoms with Gasteiger partial charge in [0.05, 0.1) is 0 Å². The molecule has 0 atom stereocenters. The van der Waals surface area contributed by atoms with Crippen molar-refractivity contribution in [3.63, 3.8) is 0 Å². The second-order valence-corrected chi connectivity index (χ2v) is 7.60. The van der Waals surface area contributed by atoms with E-state index >= 15 is 0 Å². The van der Waals surface area contributed by atoms with Crippen molar-refractivity contribution in [2.24, 2.45) is 0 Å². The summed E-state index contributed by atoms with van der Waals surface area (Å²) in [7, 11) is 0. The van der Waals surface area contributed by atoms with Gasteiger partial charge in [0.25, 0.3) is 0 Å². The average Bonchev–Trinajstić information content (AvgIpc) is 2.74. The molecule has 3 rings (SSSR count). The topological polar surface area (TPSA) is 52.7 Å². The van der Waals surface area contributed by atoms with E-state index in [4.69, 9.17) is 0 Å². The molecule has 1 N–H and O–H groups in total. The molecule has 1 aliphatic rings. The van der Waals surface area contributed by atoms with E-state index in [0.29, 0.717) is 18.8 Å². The van der Waals surface area contributed by atoms with Crippen molar-refractivity contribution in [1.29, 1.82) is 0 Å².